The Morgan fingerprint density at radius 2 is 1.86 bits per heavy atom. The first-order valence-electron chi connectivity index (χ1n) is 8.94. The first-order valence-corrected chi connectivity index (χ1v) is 9.82. The summed E-state index contributed by atoms with van der Waals surface area (Å²) in [6.07, 6.45) is 0. The molecule has 7 heteroatoms. The van der Waals surface area contributed by atoms with E-state index in [1.54, 1.807) is 20.3 Å². The Balaban J connectivity index is 1.65. The van der Waals surface area contributed by atoms with Crippen molar-refractivity contribution in [3.63, 3.8) is 0 Å². The van der Waals surface area contributed by atoms with E-state index in [4.69, 9.17) is 9.47 Å². The maximum atomic E-state index is 12.9. The number of carbonyl (C=O) groups excluding carboxylic acids is 1. The zero-order valence-electron chi connectivity index (χ0n) is 16.2. The van der Waals surface area contributed by atoms with Crippen molar-refractivity contribution in [2.45, 2.75) is 6.92 Å². The van der Waals surface area contributed by atoms with Gasteiger partial charge in [-0.2, -0.15) is 0 Å². The van der Waals surface area contributed by atoms with Crippen LogP contribution in [0.15, 0.2) is 53.9 Å². The van der Waals surface area contributed by atoms with Crippen LogP contribution in [0.2, 0.25) is 0 Å². The molecule has 4 rings (SSSR count). The second-order valence-electron chi connectivity index (χ2n) is 6.39. The fourth-order valence-corrected chi connectivity index (χ4v) is 3.83. The Kier molecular flexibility index (Phi) is 5.14. The molecule has 1 N–H and O–H groups in total. The van der Waals surface area contributed by atoms with Gasteiger partial charge in [0.1, 0.15) is 11.5 Å². The SMILES string of the molecule is COc1ccc(OC)c(-c2csc(NC(=O)c3cc(C)nc4ccccc34)n2)c1. The van der Waals surface area contributed by atoms with Gasteiger partial charge in [-0.1, -0.05) is 18.2 Å². The number of methoxy groups -OCH3 is 2. The van der Waals surface area contributed by atoms with Crippen LogP contribution < -0.4 is 14.8 Å². The van der Waals surface area contributed by atoms with Gasteiger partial charge < -0.3 is 9.47 Å². The Labute approximate surface area is 172 Å². The summed E-state index contributed by atoms with van der Waals surface area (Å²) in [5, 5.41) is 6.10. The molecular formula is C22H19N3O3S. The van der Waals surface area contributed by atoms with Crippen LogP contribution in [0.3, 0.4) is 0 Å². The standard InChI is InChI=1S/C22H19N3O3S/c1-13-10-16(15-6-4-5-7-18(15)23-13)21(26)25-22-24-19(12-29-22)17-11-14(27-2)8-9-20(17)28-3/h4-12H,1-3H3,(H,24,25,26). The third-order valence-corrected chi connectivity index (χ3v) is 5.25. The van der Waals surface area contributed by atoms with E-state index in [0.717, 1.165) is 22.2 Å². The third-order valence-electron chi connectivity index (χ3n) is 4.50. The van der Waals surface area contributed by atoms with Crippen LogP contribution in [0.25, 0.3) is 22.2 Å². The van der Waals surface area contributed by atoms with Gasteiger partial charge in [-0.05, 0) is 37.3 Å². The molecule has 0 bridgehead atoms. The monoisotopic (exact) mass is 405 g/mol. The fraction of sp³-hybridized carbons (Fsp3) is 0.136. The number of hydrogen-bond donors (Lipinski definition) is 1. The van der Waals surface area contributed by atoms with Crippen molar-refractivity contribution in [3.8, 4) is 22.8 Å². The van der Waals surface area contributed by atoms with Crippen LogP contribution in [-0.4, -0.2) is 30.1 Å². The van der Waals surface area contributed by atoms with Crippen LogP contribution in [0, 0.1) is 6.92 Å². The summed E-state index contributed by atoms with van der Waals surface area (Å²) < 4.78 is 10.7. The van der Waals surface area contributed by atoms with Gasteiger partial charge in [0.25, 0.3) is 5.91 Å². The number of carbonyl (C=O) groups is 1. The lowest BCUT2D eigenvalue weighted by atomic mass is 10.1. The third kappa shape index (κ3) is 3.77. The second kappa shape index (κ2) is 7.89. The van der Waals surface area contributed by atoms with Crippen LogP contribution in [-0.2, 0) is 0 Å². The maximum Gasteiger partial charge on any atom is 0.258 e. The molecule has 0 aliphatic heterocycles. The van der Waals surface area contributed by atoms with E-state index in [1.807, 2.05) is 54.8 Å². The molecular weight excluding hydrogens is 386 g/mol. The first-order chi connectivity index (χ1) is 14.1. The van der Waals surface area contributed by atoms with E-state index in [0.29, 0.717) is 27.9 Å². The van der Waals surface area contributed by atoms with E-state index < -0.39 is 0 Å². The number of para-hydroxylation sites is 1. The summed E-state index contributed by atoms with van der Waals surface area (Å²) >= 11 is 1.35. The van der Waals surface area contributed by atoms with Gasteiger partial charge in [-0.15, -0.1) is 11.3 Å². The molecule has 0 unspecified atom stereocenters. The predicted molar refractivity (Wildman–Crippen MR) is 115 cm³/mol. The highest BCUT2D eigenvalue weighted by molar-refractivity contribution is 7.14. The Morgan fingerprint density at radius 1 is 1.03 bits per heavy atom. The molecule has 0 fully saturated rings. The molecule has 0 saturated heterocycles. The van der Waals surface area contributed by atoms with Crippen LogP contribution >= 0.6 is 11.3 Å². The number of nitrogens with one attached hydrogen (secondary N) is 1. The van der Waals surface area contributed by atoms with Gasteiger partial charge in [0.15, 0.2) is 5.13 Å². The van der Waals surface area contributed by atoms with Crippen molar-refractivity contribution >= 4 is 33.3 Å². The number of aromatic nitrogens is 2. The minimum atomic E-state index is -0.217. The zero-order valence-corrected chi connectivity index (χ0v) is 17.0. The fourth-order valence-electron chi connectivity index (χ4n) is 3.13. The molecule has 0 aliphatic rings. The maximum absolute atomic E-state index is 12.9. The molecule has 2 aromatic carbocycles. The van der Waals surface area contributed by atoms with Crippen LogP contribution in [0.4, 0.5) is 5.13 Å². The van der Waals surface area contributed by atoms with E-state index in [1.165, 1.54) is 11.3 Å². The van der Waals surface area contributed by atoms with E-state index in [-0.39, 0.29) is 5.91 Å². The number of rotatable bonds is 5. The molecule has 0 saturated carbocycles. The van der Waals surface area contributed by atoms with Gasteiger partial charge in [0.2, 0.25) is 0 Å². The van der Waals surface area contributed by atoms with Crippen molar-refractivity contribution in [1.82, 2.24) is 9.97 Å². The molecule has 2 heterocycles. The lowest BCUT2D eigenvalue weighted by Crippen LogP contribution is -2.13. The Morgan fingerprint density at radius 3 is 2.66 bits per heavy atom. The lowest BCUT2D eigenvalue weighted by Gasteiger charge is -2.09. The molecule has 2 aromatic heterocycles. The van der Waals surface area contributed by atoms with Crippen molar-refractivity contribution in [2.24, 2.45) is 0 Å². The van der Waals surface area contributed by atoms with Crippen molar-refractivity contribution in [2.75, 3.05) is 19.5 Å². The topological polar surface area (TPSA) is 73.3 Å². The van der Waals surface area contributed by atoms with Crippen molar-refractivity contribution < 1.29 is 14.3 Å². The first kappa shape index (κ1) is 18.9. The molecule has 146 valence electrons. The van der Waals surface area contributed by atoms with Crippen LogP contribution in [0.1, 0.15) is 16.1 Å². The quantitative estimate of drug-likeness (QED) is 0.509. The number of thiazole rings is 1. The van der Waals surface area contributed by atoms with Crippen LogP contribution in [0.5, 0.6) is 11.5 Å². The second-order valence-corrected chi connectivity index (χ2v) is 7.24. The molecule has 6 nitrogen and oxygen atoms in total. The number of anilines is 1. The summed E-state index contributed by atoms with van der Waals surface area (Å²) in [5.74, 6) is 1.17. The van der Waals surface area contributed by atoms with Gasteiger partial charge in [-0.3, -0.25) is 15.1 Å². The number of amides is 1. The molecule has 4 aromatic rings. The Bertz CT molecular complexity index is 1200. The summed E-state index contributed by atoms with van der Waals surface area (Å²) in [6, 6.07) is 14.9. The summed E-state index contributed by atoms with van der Waals surface area (Å²) in [6.45, 7) is 1.87. The van der Waals surface area contributed by atoms with E-state index in [9.17, 15) is 4.79 Å². The lowest BCUT2D eigenvalue weighted by molar-refractivity contribution is 0.102. The molecule has 1 amide bonds. The number of pyridine rings is 1. The largest absolute Gasteiger partial charge is 0.497 e. The highest BCUT2D eigenvalue weighted by Crippen LogP contribution is 2.35. The van der Waals surface area contributed by atoms with Gasteiger partial charge in [0, 0.05) is 22.0 Å². The smallest absolute Gasteiger partial charge is 0.258 e. The zero-order chi connectivity index (χ0) is 20.4. The minimum Gasteiger partial charge on any atom is -0.497 e. The number of nitrogens with zero attached hydrogens (tertiary/aromatic N) is 2. The van der Waals surface area contributed by atoms with Crippen molar-refractivity contribution in [1.29, 1.82) is 0 Å². The molecule has 0 radical (unpaired) electrons. The summed E-state index contributed by atoms with van der Waals surface area (Å²) in [5.41, 5.74) is 3.66. The van der Waals surface area contributed by atoms with E-state index >= 15 is 0 Å². The number of ether oxygens (including phenoxy) is 2. The number of benzene rings is 2. The van der Waals surface area contributed by atoms with Gasteiger partial charge in [-0.25, -0.2) is 4.98 Å². The average molecular weight is 405 g/mol. The highest BCUT2D eigenvalue weighted by atomic mass is 32.1. The predicted octanol–water partition coefficient (Wildman–Crippen LogP) is 4.94. The normalized spacial score (nSPS) is 10.7. The van der Waals surface area contributed by atoms with Gasteiger partial charge >= 0.3 is 0 Å². The van der Waals surface area contributed by atoms with Gasteiger partial charge in [0.05, 0.1) is 31.0 Å². The number of fused-ring (bicyclic) bond motifs is 1. The average Bonchev–Trinajstić information content (AvgIpc) is 3.20. The summed E-state index contributed by atoms with van der Waals surface area (Å²) in [4.78, 5) is 22.0. The number of hydrogen-bond acceptors (Lipinski definition) is 6. The highest BCUT2D eigenvalue weighted by Gasteiger charge is 2.16. The number of aryl methyl sites for hydroxylation is 1. The summed E-state index contributed by atoms with van der Waals surface area (Å²) in [7, 11) is 3.22. The van der Waals surface area contributed by atoms with Crippen molar-refractivity contribution in [3.05, 3.63) is 65.2 Å². The molecule has 0 atom stereocenters. The molecule has 0 aliphatic carbocycles. The Hall–Kier alpha value is -3.45. The molecule has 0 spiro atoms. The molecule has 29 heavy (non-hydrogen) atoms. The minimum absolute atomic E-state index is 0.217. The van der Waals surface area contributed by atoms with E-state index in [2.05, 4.69) is 15.3 Å².